The maximum Gasteiger partial charge on any atom is 0.252 e. The van der Waals surface area contributed by atoms with Crippen LogP contribution in [0.1, 0.15) is 147 Å². The lowest BCUT2D eigenvalue weighted by Gasteiger charge is -2.45. The number of benzene rings is 5. The molecule has 4 aliphatic rings. The Morgan fingerprint density at radius 3 is 1.61 bits per heavy atom. The smallest absolute Gasteiger partial charge is 0.252 e. The second-order valence-electron chi connectivity index (χ2n) is 20.7. The zero-order valence-electron chi connectivity index (χ0n) is 36.2. The first-order valence-electron chi connectivity index (χ1n) is 21.9. The molecule has 5 aromatic carbocycles. The molecule has 56 heavy (non-hydrogen) atoms. The van der Waals surface area contributed by atoms with Crippen LogP contribution in [-0.4, -0.2) is 6.71 Å². The van der Waals surface area contributed by atoms with Gasteiger partial charge in [0.15, 0.2) is 0 Å². The third-order valence-corrected chi connectivity index (χ3v) is 14.2. The van der Waals surface area contributed by atoms with Crippen LogP contribution in [0.4, 0.5) is 34.1 Å². The number of anilines is 6. The lowest BCUT2D eigenvalue weighted by Crippen LogP contribution is -2.61. The Hall–Kier alpha value is -4.24. The zero-order valence-corrected chi connectivity index (χ0v) is 36.2. The average molecular weight is 739 g/mol. The first-order chi connectivity index (χ1) is 26.5. The SMILES string of the molecule is CCCCc1ccc(N2c3ccc(CCCC)cc3B3c4cc5c(cc4N(c4ccc6c(c4)C(C)(C)CC6(C)C)c4cc(C)cc2c43)C(C)(C)CC5(C)C)cc1. The highest BCUT2D eigenvalue weighted by Gasteiger charge is 2.49. The van der Waals surface area contributed by atoms with Crippen LogP contribution >= 0.6 is 0 Å². The van der Waals surface area contributed by atoms with Gasteiger partial charge in [-0.05, 0) is 171 Å². The largest absolute Gasteiger partial charge is 0.311 e. The highest BCUT2D eigenvalue weighted by molar-refractivity contribution is 7.00. The molecule has 0 N–H and O–H groups in total. The van der Waals surface area contributed by atoms with Gasteiger partial charge < -0.3 is 9.80 Å². The number of fused-ring (bicyclic) bond motifs is 6. The minimum atomic E-state index is 0.0966. The third kappa shape index (κ3) is 5.73. The molecule has 2 heterocycles. The van der Waals surface area contributed by atoms with Gasteiger partial charge in [-0.15, -0.1) is 0 Å². The van der Waals surface area contributed by atoms with E-state index in [1.807, 2.05) is 0 Å². The Labute approximate surface area is 338 Å². The van der Waals surface area contributed by atoms with Gasteiger partial charge in [0.2, 0.25) is 0 Å². The van der Waals surface area contributed by atoms with E-state index in [-0.39, 0.29) is 28.4 Å². The summed E-state index contributed by atoms with van der Waals surface area (Å²) >= 11 is 0. The van der Waals surface area contributed by atoms with Crippen molar-refractivity contribution >= 4 is 57.2 Å². The third-order valence-electron chi connectivity index (χ3n) is 14.2. The van der Waals surface area contributed by atoms with Crippen LogP contribution in [0.25, 0.3) is 0 Å². The predicted molar refractivity (Wildman–Crippen MR) is 244 cm³/mol. The van der Waals surface area contributed by atoms with E-state index >= 15 is 0 Å². The van der Waals surface area contributed by atoms with E-state index in [1.54, 1.807) is 0 Å². The summed E-state index contributed by atoms with van der Waals surface area (Å²) in [6.45, 7) is 26.7. The topological polar surface area (TPSA) is 6.48 Å². The molecule has 2 aliphatic heterocycles. The van der Waals surface area contributed by atoms with Crippen LogP contribution < -0.4 is 26.2 Å². The van der Waals surface area contributed by atoms with Gasteiger partial charge in [0.25, 0.3) is 6.71 Å². The second kappa shape index (κ2) is 12.9. The Balaban J connectivity index is 1.35. The van der Waals surface area contributed by atoms with Crippen molar-refractivity contribution in [3.8, 4) is 0 Å². The van der Waals surface area contributed by atoms with Crippen molar-refractivity contribution in [1.82, 2.24) is 0 Å². The highest BCUT2D eigenvalue weighted by Crippen LogP contribution is 2.54. The van der Waals surface area contributed by atoms with Gasteiger partial charge in [0, 0.05) is 34.1 Å². The number of rotatable bonds is 8. The Morgan fingerprint density at radius 2 is 0.982 bits per heavy atom. The van der Waals surface area contributed by atoms with Gasteiger partial charge in [-0.3, -0.25) is 0 Å². The average Bonchev–Trinajstić information content (AvgIpc) is 3.45. The summed E-state index contributed by atoms with van der Waals surface area (Å²) in [4.78, 5) is 5.28. The summed E-state index contributed by atoms with van der Waals surface area (Å²) in [5, 5.41) is 0. The molecule has 0 amide bonds. The van der Waals surface area contributed by atoms with Gasteiger partial charge >= 0.3 is 0 Å². The van der Waals surface area contributed by atoms with Crippen molar-refractivity contribution < 1.29 is 0 Å². The van der Waals surface area contributed by atoms with E-state index in [0.717, 1.165) is 25.7 Å². The van der Waals surface area contributed by atoms with Crippen LogP contribution in [0.15, 0.2) is 84.9 Å². The normalized spacial score (nSPS) is 18.7. The maximum absolute atomic E-state index is 2.68. The lowest BCUT2D eigenvalue weighted by molar-refractivity contribution is 0.403. The molecule has 0 atom stereocenters. The monoisotopic (exact) mass is 739 g/mol. The van der Waals surface area contributed by atoms with E-state index in [1.165, 1.54) is 115 Å². The van der Waals surface area contributed by atoms with Crippen molar-refractivity contribution in [1.29, 1.82) is 0 Å². The molecule has 2 nitrogen and oxygen atoms in total. The summed E-state index contributed by atoms with van der Waals surface area (Å²) in [5.74, 6) is 0. The predicted octanol–water partition coefficient (Wildman–Crippen LogP) is 12.7. The summed E-state index contributed by atoms with van der Waals surface area (Å²) in [6, 6.07) is 34.7. The molecule has 0 aromatic heterocycles. The molecular weight excluding hydrogens is 675 g/mol. The fraction of sp³-hybridized carbons (Fsp3) is 0.434. The zero-order chi connectivity index (χ0) is 39.5. The van der Waals surface area contributed by atoms with Crippen LogP contribution in [0.2, 0.25) is 0 Å². The van der Waals surface area contributed by atoms with Crippen LogP contribution in [0.5, 0.6) is 0 Å². The molecule has 0 spiro atoms. The highest BCUT2D eigenvalue weighted by atomic mass is 15.2. The number of hydrogen-bond donors (Lipinski definition) is 0. The molecule has 0 unspecified atom stereocenters. The van der Waals surface area contributed by atoms with Crippen molar-refractivity contribution in [2.75, 3.05) is 9.80 Å². The van der Waals surface area contributed by atoms with E-state index in [2.05, 4.69) is 171 Å². The van der Waals surface area contributed by atoms with Crippen LogP contribution in [0.3, 0.4) is 0 Å². The first-order valence-corrected chi connectivity index (χ1v) is 21.9. The van der Waals surface area contributed by atoms with Crippen LogP contribution in [-0.2, 0) is 34.5 Å². The van der Waals surface area contributed by atoms with E-state index < -0.39 is 0 Å². The van der Waals surface area contributed by atoms with Gasteiger partial charge in [-0.1, -0.05) is 118 Å². The van der Waals surface area contributed by atoms with Crippen molar-refractivity contribution in [3.05, 3.63) is 124 Å². The fourth-order valence-electron chi connectivity index (χ4n) is 12.0. The molecule has 0 fully saturated rings. The van der Waals surface area contributed by atoms with E-state index in [4.69, 9.17) is 0 Å². The molecule has 3 heteroatoms. The minimum Gasteiger partial charge on any atom is -0.311 e. The summed E-state index contributed by atoms with van der Waals surface area (Å²) in [5.41, 5.74) is 22.9. The second-order valence-corrected chi connectivity index (χ2v) is 20.7. The standard InChI is InChI=1S/C53H63BN2/c1-12-14-16-35-18-21-37(22-19-35)55-45-25-20-36(17-15-13-2)28-43(45)54-44-30-41-42(53(10,11)33-52(41,8)9)31-46(44)56(48-27-34(3)26-47(55)49(48)54)38-23-24-39-40(29-38)51(6,7)32-50(39,4)5/h18-31H,12-17,32-33H2,1-11H3. The first kappa shape index (κ1) is 37.3. The van der Waals surface area contributed by atoms with Gasteiger partial charge in [0.1, 0.15) is 0 Å². The minimum absolute atomic E-state index is 0.0966. The number of nitrogens with zero attached hydrogens (tertiary/aromatic N) is 2. The summed E-state index contributed by atoms with van der Waals surface area (Å²) in [7, 11) is 0. The van der Waals surface area contributed by atoms with Crippen molar-refractivity contribution in [2.45, 2.75) is 149 Å². The molecule has 0 radical (unpaired) electrons. The molecule has 0 saturated carbocycles. The molecule has 0 bridgehead atoms. The van der Waals surface area contributed by atoms with Crippen molar-refractivity contribution in [3.63, 3.8) is 0 Å². The summed E-state index contributed by atoms with van der Waals surface area (Å²) in [6.07, 6.45) is 9.42. The van der Waals surface area contributed by atoms with Gasteiger partial charge in [-0.25, -0.2) is 0 Å². The van der Waals surface area contributed by atoms with E-state index in [9.17, 15) is 0 Å². The molecule has 2 aliphatic carbocycles. The molecular formula is C53H63BN2. The number of hydrogen-bond acceptors (Lipinski definition) is 2. The quantitative estimate of drug-likeness (QED) is 0.143. The Kier molecular flexibility index (Phi) is 8.60. The molecule has 9 rings (SSSR count). The number of unbranched alkanes of at least 4 members (excludes halogenated alkanes) is 2. The number of aryl methyl sites for hydroxylation is 3. The van der Waals surface area contributed by atoms with Crippen molar-refractivity contribution in [2.24, 2.45) is 0 Å². The molecule has 0 saturated heterocycles. The lowest BCUT2D eigenvalue weighted by atomic mass is 9.33. The van der Waals surface area contributed by atoms with Gasteiger partial charge in [0.05, 0.1) is 0 Å². The molecule has 288 valence electrons. The Bertz CT molecular complexity index is 2370. The van der Waals surface area contributed by atoms with Gasteiger partial charge in [-0.2, -0.15) is 0 Å². The summed E-state index contributed by atoms with van der Waals surface area (Å²) < 4.78 is 0. The van der Waals surface area contributed by atoms with Crippen LogP contribution in [0, 0.1) is 6.92 Å². The fourth-order valence-corrected chi connectivity index (χ4v) is 12.0. The Morgan fingerprint density at radius 1 is 0.482 bits per heavy atom. The maximum atomic E-state index is 2.68. The van der Waals surface area contributed by atoms with E-state index in [0.29, 0.717) is 0 Å². The molecule has 5 aromatic rings.